The van der Waals surface area contributed by atoms with Gasteiger partial charge < -0.3 is 0 Å². The van der Waals surface area contributed by atoms with E-state index in [1.54, 1.807) is 0 Å². The molecule has 0 bridgehead atoms. The fourth-order valence-electron chi connectivity index (χ4n) is 1.19. The van der Waals surface area contributed by atoms with Crippen LogP contribution in [-0.4, -0.2) is 12.1 Å². The van der Waals surface area contributed by atoms with Gasteiger partial charge >= 0.3 is 0 Å². The maximum absolute atomic E-state index is 3.10. The number of hydrogen-bond acceptors (Lipinski definition) is 2. The average molecular weight is 164 g/mol. The summed E-state index contributed by atoms with van der Waals surface area (Å²) in [5, 5.41) is 2.02. The topological polar surface area (TPSA) is 15.3 Å². The van der Waals surface area contributed by atoms with Crippen LogP contribution >= 0.6 is 0 Å². The zero-order valence-corrected chi connectivity index (χ0v) is 8.18. The third-order valence-electron chi connectivity index (χ3n) is 1.86. The largest absolute Gasteiger partial charge is 0.285 e. The molecule has 1 rings (SSSR count). The molecule has 0 aromatic heterocycles. The van der Waals surface area contributed by atoms with Gasteiger partial charge in [0.1, 0.15) is 0 Å². The Kier molecular flexibility index (Phi) is 2.71. The Morgan fingerprint density at radius 1 is 1.42 bits per heavy atom. The van der Waals surface area contributed by atoms with Crippen molar-refractivity contribution in [2.75, 3.05) is 7.05 Å². The highest BCUT2D eigenvalue weighted by molar-refractivity contribution is 5.35. The SMILES string of the molecule is CNN1C=CC(C)=CC1=C(C)C. The molecule has 66 valence electrons. The molecule has 0 amide bonds. The molecule has 1 heterocycles. The van der Waals surface area contributed by atoms with E-state index in [-0.39, 0.29) is 0 Å². The Bertz CT molecular complexity index is 255. The molecule has 0 fully saturated rings. The van der Waals surface area contributed by atoms with Crippen LogP contribution in [0.1, 0.15) is 20.8 Å². The molecule has 0 radical (unpaired) electrons. The van der Waals surface area contributed by atoms with Crippen molar-refractivity contribution in [3.8, 4) is 0 Å². The second-order valence-electron chi connectivity index (χ2n) is 3.18. The van der Waals surface area contributed by atoms with Crippen LogP contribution in [-0.2, 0) is 0 Å². The second-order valence-corrected chi connectivity index (χ2v) is 3.18. The molecular formula is C10H16N2. The molecule has 2 heteroatoms. The first-order valence-electron chi connectivity index (χ1n) is 4.15. The van der Waals surface area contributed by atoms with Gasteiger partial charge in [-0.05, 0) is 38.5 Å². The third-order valence-corrected chi connectivity index (χ3v) is 1.86. The lowest BCUT2D eigenvalue weighted by Crippen LogP contribution is -2.30. The van der Waals surface area contributed by atoms with Crippen LogP contribution in [0.5, 0.6) is 0 Å². The molecule has 0 atom stereocenters. The minimum atomic E-state index is 1.23. The van der Waals surface area contributed by atoms with Gasteiger partial charge in [0.05, 0.1) is 5.70 Å². The summed E-state index contributed by atoms with van der Waals surface area (Å²) >= 11 is 0. The highest BCUT2D eigenvalue weighted by Gasteiger charge is 2.07. The summed E-state index contributed by atoms with van der Waals surface area (Å²) in [6.07, 6.45) is 6.30. The second kappa shape index (κ2) is 3.59. The Morgan fingerprint density at radius 2 is 2.08 bits per heavy atom. The summed E-state index contributed by atoms with van der Waals surface area (Å²) in [7, 11) is 1.92. The molecule has 0 aromatic rings. The zero-order valence-electron chi connectivity index (χ0n) is 8.18. The minimum absolute atomic E-state index is 1.23. The first-order chi connectivity index (χ1) is 5.65. The number of hydrogen-bond donors (Lipinski definition) is 1. The lowest BCUT2D eigenvalue weighted by Gasteiger charge is -2.24. The van der Waals surface area contributed by atoms with Crippen LogP contribution in [0.4, 0.5) is 0 Å². The molecule has 0 aliphatic carbocycles. The van der Waals surface area contributed by atoms with E-state index in [1.807, 2.05) is 18.3 Å². The standard InChI is InChI=1S/C10H16N2/c1-8(2)10-7-9(3)5-6-12(10)11-4/h5-7,11H,1-4H3. The van der Waals surface area contributed by atoms with E-state index in [1.165, 1.54) is 16.8 Å². The van der Waals surface area contributed by atoms with Crippen LogP contribution in [0.3, 0.4) is 0 Å². The molecule has 12 heavy (non-hydrogen) atoms. The molecule has 0 spiro atoms. The van der Waals surface area contributed by atoms with Gasteiger partial charge in [-0.25, -0.2) is 5.43 Å². The van der Waals surface area contributed by atoms with Gasteiger partial charge in [0.2, 0.25) is 0 Å². The van der Waals surface area contributed by atoms with E-state index >= 15 is 0 Å². The zero-order chi connectivity index (χ0) is 9.14. The highest BCUT2D eigenvalue weighted by Crippen LogP contribution is 2.17. The van der Waals surface area contributed by atoms with E-state index < -0.39 is 0 Å². The van der Waals surface area contributed by atoms with Gasteiger partial charge in [-0.3, -0.25) is 5.01 Å². The van der Waals surface area contributed by atoms with E-state index in [0.29, 0.717) is 0 Å². The first-order valence-corrected chi connectivity index (χ1v) is 4.15. The minimum Gasteiger partial charge on any atom is -0.285 e. The van der Waals surface area contributed by atoms with Gasteiger partial charge in [0.15, 0.2) is 0 Å². The highest BCUT2D eigenvalue weighted by atomic mass is 15.5. The lowest BCUT2D eigenvalue weighted by atomic mass is 10.1. The van der Waals surface area contributed by atoms with Gasteiger partial charge in [-0.15, -0.1) is 0 Å². The summed E-state index contributed by atoms with van der Waals surface area (Å²) < 4.78 is 0. The number of hydrazine groups is 1. The summed E-state index contributed by atoms with van der Waals surface area (Å²) in [4.78, 5) is 0. The number of rotatable bonds is 1. The fourth-order valence-corrected chi connectivity index (χ4v) is 1.19. The fraction of sp³-hybridized carbons (Fsp3) is 0.400. The maximum Gasteiger partial charge on any atom is 0.0559 e. The van der Waals surface area contributed by atoms with Crippen molar-refractivity contribution < 1.29 is 0 Å². The van der Waals surface area contributed by atoms with Gasteiger partial charge in [0, 0.05) is 13.2 Å². The predicted octanol–water partition coefficient (Wildman–Crippen LogP) is 2.19. The lowest BCUT2D eigenvalue weighted by molar-refractivity contribution is 0.378. The van der Waals surface area contributed by atoms with Crippen LogP contribution in [0, 0.1) is 0 Å². The predicted molar refractivity (Wildman–Crippen MR) is 52.2 cm³/mol. The number of nitrogens with one attached hydrogen (secondary N) is 1. The molecule has 2 nitrogen and oxygen atoms in total. The molecule has 1 aliphatic rings. The number of allylic oxidation sites excluding steroid dienone is 4. The summed E-state index contributed by atoms with van der Waals surface area (Å²) in [5.74, 6) is 0. The van der Waals surface area contributed by atoms with Crippen molar-refractivity contribution >= 4 is 0 Å². The molecular weight excluding hydrogens is 148 g/mol. The Balaban J connectivity index is 2.98. The molecule has 1 aliphatic heterocycles. The quantitative estimate of drug-likeness (QED) is 0.639. The van der Waals surface area contributed by atoms with E-state index in [0.717, 1.165) is 0 Å². The van der Waals surface area contributed by atoms with Gasteiger partial charge in [-0.1, -0.05) is 5.57 Å². The molecule has 0 aromatic carbocycles. The normalized spacial score (nSPS) is 16.5. The molecule has 1 N–H and O–H groups in total. The van der Waals surface area contributed by atoms with Crippen LogP contribution in [0.2, 0.25) is 0 Å². The van der Waals surface area contributed by atoms with Gasteiger partial charge in [-0.2, -0.15) is 0 Å². The Labute approximate surface area is 74.2 Å². The average Bonchev–Trinajstić information content (AvgIpc) is 2.04. The summed E-state index contributed by atoms with van der Waals surface area (Å²) in [5.41, 5.74) is 6.94. The van der Waals surface area contributed by atoms with Crippen LogP contribution in [0.25, 0.3) is 0 Å². The van der Waals surface area contributed by atoms with E-state index in [9.17, 15) is 0 Å². The van der Waals surface area contributed by atoms with Gasteiger partial charge in [0.25, 0.3) is 0 Å². The molecule has 0 saturated heterocycles. The van der Waals surface area contributed by atoms with Crippen molar-refractivity contribution in [1.29, 1.82) is 0 Å². The Morgan fingerprint density at radius 3 is 2.58 bits per heavy atom. The van der Waals surface area contributed by atoms with E-state index in [4.69, 9.17) is 0 Å². The smallest absolute Gasteiger partial charge is 0.0559 e. The molecule has 0 saturated carbocycles. The maximum atomic E-state index is 3.10. The van der Waals surface area contributed by atoms with Crippen LogP contribution < -0.4 is 5.43 Å². The number of nitrogens with zero attached hydrogens (tertiary/aromatic N) is 1. The van der Waals surface area contributed by atoms with Crippen molar-refractivity contribution in [3.63, 3.8) is 0 Å². The monoisotopic (exact) mass is 164 g/mol. The van der Waals surface area contributed by atoms with Crippen molar-refractivity contribution in [1.82, 2.24) is 10.4 Å². The van der Waals surface area contributed by atoms with Crippen molar-refractivity contribution in [2.45, 2.75) is 20.8 Å². The first kappa shape index (κ1) is 9.07. The molecule has 0 unspecified atom stereocenters. The Hall–Kier alpha value is -1.02. The van der Waals surface area contributed by atoms with Crippen molar-refractivity contribution in [3.05, 3.63) is 35.2 Å². The summed E-state index contributed by atoms with van der Waals surface area (Å²) in [6, 6.07) is 0. The third kappa shape index (κ3) is 1.77. The van der Waals surface area contributed by atoms with E-state index in [2.05, 4.69) is 38.3 Å². The van der Waals surface area contributed by atoms with Crippen LogP contribution in [0.15, 0.2) is 35.2 Å². The summed E-state index contributed by atoms with van der Waals surface area (Å²) in [6.45, 7) is 6.33. The van der Waals surface area contributed by atoms with Crippen molar-refractivity contribution in [2.24, 2.45) is 0 Å².